The first-order chi connectivity index (χ1) is 4.86. The molecule has 0 saturated carbocycles. The maximum atomic E-state index is 2.51. The van der Waals surface area contributed by atoms with Crippen molar-refractivity contribution in [2.75, 3.05) is 19.6 Å². The van der Waals surface area contributed by atoms with E-state index in [-0.39, 0.29) is 0 Å². The van der Waals surface area contributed by atoms with E-state index in [1.807, 2.05) is 0 Å². The largest absolute Gasteiger partial charge is 0.303 e. The van der Waals surface area contributed by atoms with Crippen LogP contribution in [0.5, 0.6) is 0 Å². The Labute approximate surface area is 64.4 Å². The number of hydrogen-bond acceptors (Lipinski definition) is 1. The molecule has 0 aromatic rings. The third-order valence-corrected chi connectivity index (χ3v) is 2.45. The van der Waals surface area contributed by atoms with E-state index in [4.69, 9.17) is 0 Å². The van der Waals surface area contributed by atoms with Gasteiger partial charge in [0.1, 0.15) is 0 Å². The summed E-state index contributed by atoms with van der Waals surface area (Å²) < 4.78 is 0. The second-order valence-corrected chi connectivity index (χ2v) is 3.36. The van der Waals surface area contributed by atoms with Crippen LogP contribution in [0.2, 0.25) is 0 Å². The van der Waals surface area contributed by atoms with Gasteiger partial charge in [-0.2, -0.15) is 0 Å². The molecule has 0 bridgehead atoms. The molecule has 0 unspecified atom stereocenters. The third-order valence-electron chi connectivity index (χ3n) is 2.45. The molecule has 1 rings (SSSR count). The molecule has 0 aromatic heterocycles. The van der Waals surface area contributed by atoms with Crippen LogP contribution in [0.25, 0.3) is 0 Å². The van der Waals surface area contributed by atoms with Crippen LogP contribution in [0.3, 0.4) is 0 Å². The number of rotatable bonds is 4. The zero-order valence-electron chi connectivity index (χ0n) is 7.27. The quantitative estimate of drug-likeness (QED) is 0.579. The molecule has 0 radical (unpaired) electrons. The van der Waals surface area contributed by atoms with Crippen LogP contribution in [0, 0.1) is 5.92 Å². The van der Waals surface area contributed by atoms with Gasteiger partial charge >= 0.3 is 0 Å². The van der Waals surface area contributed by atoms with Crippen LogP contribution < -0.4 is 0 Å². The lowest BCUT2D eigenvalue weighted by atomic mass is 9.94. The highest BCUT2D eigenvalue weighted by molar-refractivity contribution is 4.77. The molecular weight excluding hydrogens is 122 g/mol. The molecule has 0 aromatic carbocycles. The van der Waals surface area contributed by atoms with E-state index in [2.05, 4.69) is 18.7 Å². The molecule has 1 fully saturated rings. The van der Waals surface area contributed by atoms with Gasteiger partial charge in [-0.15, -0.1) is 0 Å². The van der Waals surface area contributed by atoms with Gasteiger partial charge in [0.15, 0.2) is 0 Å². The topological polar surface area (TPSA) is 3.24 Å². The zero-order chi connectivity index (χ0) is 7.40. The molecule has 0 aliphatic carbocycles. The van der Waals surface area contributed by atoms with Gasteiger partial charge in [0, 0.05) is 13.1 Å². The maximum absolute atomic E-state index is 2.51. The van der Waals surface area contributed by atoms with Crippen molar-refractivity contribution in [2.24, 2.45) is 5.92 Å². The van der Waals surface area contributed by atoms with Gasteiger partial charge in [-0.05, 0) is 18.9 Å². The molecular formula is C9H19N. The van der Waals surface area contributed by atoms with E-state index < -0.39 is 0 Å². The third kappa shape index (κ3) is 1.98. The standard InChI is InChI=1S/C9H19N/c1-3-5-6-9-7-10(4-2)8-9/h9H,3-8H2,1-2H3. The molecule has 0 amide bonds. The van der Waals surface area contributed by atoms with E-state index in [0.717, 1.165) is 5.92 Å². The zero-order valence-corrected chi connectivity index (χ0v) is 7.27. The van der Waals surface area contributed by atoms with Crippen molar-refractivity contribution in [3.8, 4) is 0 Å². The lowest BCUT2D eigenvalue weighted by Gasteiger charge is -2.38. The Kier molecular flexibility index (Phi) is 3.20. The summed E-state index contributed by atoms with van der Waals surface area (Å²) in [6, 6.07) is 0. The van der Waals surface area contributed by atoms with Gasteiger partial charge in [0.05, 0.1) is 0 Å². The lowest BCUT2D eigenvalue weighted by molar-refractivity contribution is 0.0994. The first-order valence-corrected chi connectivity index (χ1v) is 4.59. The molecule has 1 nitrogen and oxygen atoms in total. The van der Waals surface area contributed by atoms with Crippen LogP contribution in [0.1, 0.15) is 33.1 Å². The molecule has 1 heteroatoms. The number of nitrogens with zero attached hydrogens (tertiary/aromatic N) is 1. The fourth-order valence-corrected chi connectivity index (χ4v) is 1.61. The highest BCUT2D eigenvalue weighted by Crippen LogP contribution is 2.20. The summed E-state index contributed by atoms with van der Waals surface area (Å²) in [5.41, 5.74) is 0. The summed E-state index contributed by atoms with van der Waals surface area (Å²) in [6.07, 6.45) is 4.26. The molecule has 0 N–H and O–H groups in total. The van der Waals surface area contributed by atoms with E-state index >= 15 is 0 Å². The van der Waals surface area contributed by atoms with Crippen molar-refractivity contribution in [1.29, 1.82) is 0 Å². The molecule has 0 atom stereocenters. The summed E-state index contributed by atoms with van der Waals surface area (Å²) in [6.45, 7) is 8.52. The Morgan fingerprint density at radius 1 is 1.30 bits per heavy atom. The van der Waals surface area contributed by atoms with Crippen LogP contribution >= 0.6 is 0 Å². The number of likely N-dealkylation sites (tertiary alicyclic amines) is 1. The molecule has 0 spiro atoms. The summed E-state index contributed by atoms with van der Waals surface area (Å²) >= 11 is 0. The van der Waals surface area contributed by atoms with E-state index in [1.54, 1.807) is 0 Å². The van der Waals surface area contributed by atoms with E-state index in [0.29, 0.717) is 0 Å². The molecule has 1 aliphatic rings. The highest BCUT2D eigenvalue weighted by Gasteiger charge is 2.23. The summed E-state index contributed by atoms with van der Waals surface area (Å²) in [7, 11) is 0. The number of hydrogen-bond donors (Lipinski definition) is 0. The average molecular weight is 141 g/mol. The molecule has 10 heavy (non-hydrogen) atoms. The fraction of sp³-hybridized carbons (Fsp3) is 1.00. The van der Waals surface area contributed by atoms with Crippen LogP contribution in [0.15, 0.2) is 0 Å². The van der Waals surface area contributed by atoms with Crippen LogP contribution in [-0.2, 0) is 0 Å². The van der Waals surface area contributed by atoms with Crippen LogP contribution in [-0.4, -0.2) is 24.5 Å². The minimum absolute atomic E-state index is 1.04. The van der Waals surface area contributed by atoms with Crippen molar-refractivity contribution in [3.05, 3.63) is 0 Å². The second kappa shape index (κ2) is 3.97. The van der Waals surface area contributed by atoms with Gasteiger partial charge in [0.2, 0.25) is 0 Å². The Hall–Kier alpha value is -0.0400. The van der Waals surface area contributed by atoms with Crippen molar-refractivity contribution in [3.63, 3.8) is 0 Å². The predicted molar refractivity (Wildman–Crippen MR) is 45.1 cm³/mol. The summed E-state index contributed by atoms with van der Waals surface area (Å²) in [5.74, 6) is 1.04. The Morgan fingerprint density at radius 3 is 2.50 bits per heavy atom. The monoisotopic (exact) mass is 141 g/mol. The second-order valence-electron chi connectivity index (χ2n) is 3.36. The minimum Gasteiger partial charge on any atom is -0.303 e. The fourth-order valence-electron chi connectivity index (χ4n) is 1.61. The Morgan fingerprint density at radius 2 is 2.00 bits per heavy atom. The molecule has 60 valence electrons. The van der Waals surface area contributed by atoms with Gasteiger partial charge in [-0.25, -0.2) is 0 Å². The average Bonchev–Trinajstić information content (AvgIpc) is 1.86. The molecule has 1 aliphatic heterocycles. The van der Waals surface area contributed by atoms with Crippen molar-refractivity contribution in [1.82, 2.24) is 4.90 Å². The van der Waals surface area contributed by atoms with E-state index in [1.165, 1.54) is 38.9 Å². The smallest absolute Gasteiger partial charge is 0.00219 e. The van der Waals surface area contributed by atoms with Crippen LogP contribution in [0.4, 0.5) is 0 Å². The summed E-state index contributed by atoms with van der Waals surface area (Å²) in [5, 5.41) is 0. The highest BCUT2D eigenvalue weighted by atomic mass is 15.2. The lowest BCUT2D eigenvalue weighted by Crippen LogP contribution is -2.46. The van der Waals surface area contributed by atoms with Gasteiger partial charge in [-0.3, -0.25) is 0 Å². The SMILES string of the molecule is CCCCC1CN(CC)C1. The van der Waals surface area contributed by atoms with Gasteiger partial charge in [0.25, 0.3) is 0 Å². The molecule has 1 heterocycles. The van der Waals surface area contributed by atoms with Crippen molar-refractivity contribution >= 4 is 0 Å². The van der Waals surface area contributed by atoms with E-state index in [9.17, 15) is 0 Å². The predicted octanol–water partition coefficient (Wildman–Crippen LogP) is 2.13. The summed E-state index contributed by atoms with van der Waals surface area (Å²) in [4.78, 5) is 2.51. The maximum Gasteiger partial charge on any atom is 0.00219 e. The van der Waals surface area contributed by atoms with Gasteiger partial charge < -0.3 is 4.90 Å². The Bertz CT molecular complexity index is 82.0. The normalized spacial score (nSPS) is 21.0. The van der Waals surface area contributed by atoms with Crippen molar-refractivity contribution in [2.45, 2.75) is 33.1 Å². The van der Waals surface area contributed by atoms with Crippen molar-refractivity contribution < 1.29 is 0 Å². The Balaban J connectivity index is 1.93. The van der Waals surface area contributed by atoms with Gasteiger partial charge in [-0.1, -0.05) is 26.7 Å². The number of unbranched alkanes of at least 4 members (excludes halogenated alkanes) is 1. The first kappa shape index (κ1) is 8.06. The first-order valence-electron chi connectivity index (χ1n) is 4.59. The molecule has 1 saturated heterocycles. The minimum atomic E-state index is 1.04.